The van der Waals surface area contributed by atoms with Gasteiger partial charge < -0.3 is 9.26 Å². The molecule has 82 valence electrons. The van der Waals surface area contributed by atoms with Gasteiger partial charge in [-0.15, -0.1) is 0 Å². The molecule has 2 aromatic rings. The zero-order chi connectivity index (χ0) is 11.5. The Morgan fingerprint density at radius 1 is 1.50 bits per heavy atom. The van der Waals surface area contributed by atoms with Crippen LogP contribution in [0.5, 0.6) is 5.75 Å². The molecule has 1 aromatic heterocycles. The van der Waals surface area contributed by atoms with E-state index in [4.69, 9.17) is 20.9 Å². The van der Waals surface area contributed by atoms with Crippen molar-refractivity contribution in [2.45, 2.75) is 0 Å². The summed E-state index contributed by atoms with van der Waals surface area (Å²) in [4.78, 5) is 10.6. The Balaban J connectivity index is 2.49. The first kappa shape index (κ1) is 10.7. The predicted molar refractivity (Wildman–Crippen MR) is 58.9 cm³/mol. The Bertz CT molecular complexity index is 522. The lowest BCUT2D eigenvalue weighted by Crippen LogP contribution is -1.83. The number of rotatable bonds is 3. The molecule has 16 heavy (non-hydrogen) atoms. The van der Waals surface area contributed by atoms with Crippen LogP contribution in [-0.4, -0.2) is 18.6 Å². The Kier molecular flexibility index (Phi) is 2.92. The molecule has 0 fully saturated rings. The zero-order valence-electron chi connectivity index (χ0n) is 8.44. The van der Waals surface area contributed by atoms with Crippen LogP contribution >= 0.6 is 11.6 Å². The minimum absolute atomic E-state index is 0.0967. The van der Waals surface area contributed by atoms with Crippen LogP contribution in [0.25, 0.3) is 11.3 Å². The number of aldehydes is 1. The lowest BCUT2D eigenvalue weighted by Gasteiger charge is -2.01. The van der Waals surface area contributed by atoms with Crippen molar-refractivity contribution < 1.29 is 14.1 Å². The zero-order valence-corrected chi connectivity index (χ0v) is 9.19. The van der Waals surface area contributed by atoms with Gasteiger partial charge in [0.2, 0.25) is 0 Å². The van der Waals surface area contributed by atoms with Gasteiger partial charge in [-0.3, -0.25) is 4.79 Å². The molecule has 0 spiro atoms. The van der Waals surface area contributed by atoms with Crippen LogP contribution in [0.4, 0.5) is 0 Å². The number of aromatic nitrogens is 1. The van der Waals surface area contributed by atoms with Crippen molar-refractivity contribution in [1.82, 2.24) is 5.16 Å². The number of carbonyl (C=O) groups excluding carboxylic acids is 1. The molecule has 5 heteroatoms. The number of hydrogen-bond donors (Lipinski definition) is 0. The van der Waals surface area contributed by atoms with Crippen LogP contribution in [-0.2, 0) is 0 Å². The summed E-state index contributed by atoms with van der Waals surface area (Å²) in [5, 5.41) is 3.76. The molecule has 0 radical (unpaired) electrons. The number of carbonyl (C=O) groups is 1. The summed E-state index contributed by atoms with van der Waals surface area (Å²) in [7, 11) is 1.57. The van der Waals surface area contributed by atoms with Gasteiger partial charge in [-0.25, -0.2) is 0 Å². The number of nitrogens with zero attached hydrogens (tertiary/aromatic N) is 1. The number of methoxy groups -OCH3 is 1. The number of hydrogen-bond acceptors (Lipinski definition) is 4. The van der Waals surface area contributed by atoms with Gasteiger partial charge in [-0.2, -0.15) is 0 Å². The van der Waals surface area contributed by atoms with E-state index in [0.717, 1.165) is 0 Å². The molecule has 0 atom stereocenters. The highest BCUT2D eigenvalue weighted by atomic mass is 35.5. The van der Waals surface area contributed by atoms with Crippen LogP contribution in [0.2, 0.25) is 5.02 Å². The number of halogens is 1. The maximum atomic E-state index is 10.6. The molecule has 0 aliphatic rings. The van der Waals surface area contributed by atoms with E-state index < -0.39 is 0 Å². The van der Waals surface area contributed by atoms with Gasteiger partial charge in [-0.05, 0) is 12.1 Å². The topological polar surface area (TPSA) is 52.3 Å². The molecular weight excluding hydrogens is 230 g/mol. The molecule has 0 unspecified atom stereocenters. The van der Waals surface area contributed by atoms with Crippen LogP contribution < -0.4 is 4.74 Å². The van der Waals surface area contributed by atoms with E-state index in [1.54, 1.807) is 31.4 Å². The summed E-state index contributed by atoms with van der Waals surface area (Å²) < 4.78 is 10.1. The molecule has 4 nitrogen and oxygen atoms in total. The second kappa shape index (κ2) is 4.37. The number of ether oxygens (including phenoxy) is 1. The van der Waals surface area contributed by atoms with Crippen LogP contribution in [0.15, 0.2) is 28.8 Å². The maximum Gasteiger partial charge on any atom is 0.186 e. The van der Waals surface area contributed by atoms with E-state index in [0.29, 0.717) is 23.4 Å². The third-order valence-electron chi connectivity index (χ3n) is 2.10. The van der Waals surface area contributed by atoms with E-state index in [9.17, 15) is 4.79 Å². The third kappa shape index (κ3) is 1.79. The van der Waals surface area contributed by atoms with Gasteiger partial charge >= 0.3 is 0 Å². The normalized spacial score (nSPS) is 10.1. The van der Waals surface area contributed by atoms with Crippen LogP contribution in [0.1, 0.15) is 10.5 Å². The highest BCUT2D eigenvalue weighted by molar-refractivity contribution is 6.35. The predicted octanol–water partition coefficient (Wildman–Crippen LogP) is 2.82. The van der Waals surface area contributed by atoms with Gasteiger partial charge in [0.15, 0.2) is 17.7 Å². The summed E-state index contributed by atoms with van der Waals surface area (Å²) in [6.07, 6.45) is 0.551. The van der Waals surface area contributed by atoms with Crippen molar-refractivity contribution in [1.29, 1.82) is 0 Å². The summed E-state index contributed by atoms with van der Waals surface area (Å²) in [6, 6.07) is 7.15. The molecule has 0 bridgehead atoms. The molecular formula is C11H8ClNO3. The third-order valence-corrected chi connectivity index (χ3v) is 2.47. The Labute approximate surface area is 96.8 Å². The second-order valence-corrected chi connectivity index (χ2v) is 3.44. The minimum atomic E-state index is 0.0967. The molecule has 0 amide bonds. The van der Waals surface area contributed by atoms with E-state index in [1.165, 1.54) is 0 Å². The molecule has 2 rings (SSSR count). The fourth-order valence-corrected chi connectivity index (χ4v) is 1.53. The highest BCUT2D eigenvalue weighted by Crippen LogP contribution is 2.31. The van der Waals surface area contributed by atoms with Crippen molar-refractivity contribution in [2.24, 2.45) is 0 Å². The first-order valence-electron chi connectivity index (χ1n) is 4.51. The fourth-order valence-electron chi connectivity index (χ4n) is 1.31. The van der Waals surface area contributed by atoms with Crippen LogP contribution in [0, 0.1) is 0 Å². The highest BCUT2D eigenvalue weighted by Gasteiger charge is 2.15. The van der Waals surface area contributed by atoms with Crippen LogP contribution in [0.3, 0.4) is 0 Å². The molecule has 0 N–H and O–H groups in total. The van der Waals surface area contributed by atoms with Crippen molar-refractivity contribution in [3.63, 3.8) is 0 Å². The molecule has 0 aliphatic heterocycles. The van der Waals surface area contributed by atoms with Gasteiger partial charge in [0, 0.05) is 5.56 Å². The Hall–Kier alpha value is -1.81. The number of benzene rings is 1. The summed E-state index contributed by atoms with van der Waals surface area (Å²) in [6.45, 7) is 0. The molecule has 1 heterocycles. The summed E-state index contributed by atoms with van der Waals surface area (Å²) in [5.41, 5.74) is 0.810. The maximum absolute atomic E-state index is 10.6. The van der Waals surface area contributed by atoms with Crippen molar-refractivity contribution >= 4 is 17.9 Å². The SMILES string of the molecule is COc1cccc(-c2onc(C=O)c2Cl)c1. The average molecular weight is 238 g/mol. The lowest BCUT2D eigenvalue weighted by atomic mass is 10.1. The van der Waals surface area contributed by atoms with Crippen molar-refractivity contribution in [3.8, 4) is 17.1 Å². The monoisotopic (exact) mass is 237 g/mol. The molecule has 0 aliphatic carbocycles. The van der Waals surface area contributed by atoms with Gasteiger partial charge in [0.25, 0.3) is 0 Å². The molecule has 1 aromatic carbocycles. The average Bonchev–Trinajstić information content (AvgIpc) is 2.70. The van der Waals surface area contributed by atoms with Gasteiger partial charge in [-0.1, -0.05) is 28.9 Å². The van der Waals surface area contributed by atoms with E-state index in [1.807, 2.05) is 0 Å². The Morgan fingerprint density at radius 2 is 2.31 bits per heavy atom. The summed E-state index contributed by atoms with van der Waals surface area (Å²) in [5.74, 6) is 1.04. The fraction of sp³-hybridized carbons (Fsp3) is 0.0909. The van der Waals surface area contributed by atoms with Crippen molar-refractivity contribution in [3.05, 3.63) is 35.0 Å². The smallest absolute Gasteiger partial charge is 0.186 e. The quantitative estimate of drug-likeness (QED) is 0.771. The molecule has 0 saturated heterocycles. The molecule has 0 saturated carbocycles. The second-order valence-electron chi connectivity index (χ2n) is 3.06. The standard InChI is InChI=1S/C11H8ClNO3/c1-15-8-4-2-3-7(5-8)11-10(12)9(6-14)13-16-11/h2-6H,1H3. The lowest BCUT2D eigenvalue weighted by molar-refractivity contribution is 0.111. The first-order chi connectivity index (χ1) is 7.76. The van der Waals surface area contributed by atoms with Crippen molar-refractivity contribution in [2.75, 3.05) is 7.11 Å². The van der Waals surface area contributed by atoms with E-state index >= 15 is 0 Å². The van der Waals surface area contributed by atoms with Gasteiger partial charge in [0.1, 0.15) is 10.8 Å². The van der Waals surface area contributed by atoms with Gasteiger partial charge in [0.05, 0.1) is 7.11 Å². The Morgan fingerprint density at radius 3 is 2.94 bits per heavy atom. The minimum Gasteiger partial charge on any atom is -0.497 e. The first-order valence-corrected chi connectivity index (χ1v) is 4.89. The largest absolute Gasteiger partial charge is 0.497 e. The van der Waals surface area contributed by atoms with E-state index in [2.05, 4.69) is 5.16 Å². The van der Waals surface area contributed by atoms with E-state index in [-0.39, 0.29) is 10.7 Å². The summed E-state index contributed by atoms with van der Waals surface area (Å²) >= 11 is 5.93.